The minimum Gasteiger partial charge on any atom is -0.493 e. The monoisotopic (exact) mass is 351 g/mol. The van der Waals surface area contributed by atoms with Crippen molar-refractivity contribution in [2.24, 2.45) is 5.92 Å². The summed E-state index contributed by atoms with van der Waals surface area (Å²) >= 11 is 0. The molecule has 5 nitrogen and oxygen atoms in total. The van der Waals surface area contributed by atoms with Gasteiger partial charge in [0.05, 0.1) is 21.3 Å². The van der Waals surface area contributed by atoms with Crippen molar-refractivity contribution >= 4 is 5.91 Å². The second-order valence-corrected chi connectivity index (χ2v) is 6.83. The number of methoxy groups -OCH3 is 3. The molecule has 5 heteroatoms. The standard InChI is InChI=1S/C20H33NO4/c1-14(2)8-7-9-15(3)21-19(22)11-10-16-12-17(23-4)20(25-6)18(13-16)24-5/h12-15H,7-11H2,1-6H3,(H,21,22). The van der Waals surface area contributed by atoms with Crippen molar-refractivity contribution in [2.45, 2.75) is 58.9 Å². The van der Waals surface area contributed by atoms with E-state index < -0.39 is 0 Å². The largest absolute Gasteiger partial charge is 0.493 e. The second kappa shape index (κ2) is 10.9. The van der Waals surface area contributed by atoms with Crippen LogP contribution >= 0.6 is 0 Å². The average molecular weight is 351 g/mol. The molecule has 0 heterocycles. The highest BCUT2D eigenvalue weighted by atomic mass is 16.5. The Morgan fingerprint density at radius 1 is 1.00 bits per heavy atom. The first kappa shape index (κ1) is 21.1. The third-order valence-electron chi connectivity index (χ3n) is 4.19. The first-order valence-electron chi connectivity index (χ1n) is 8.99. The predicted octanol–water partition coefficient (Wildman–Crippen LogP) is 3.98. The molecule has 0 fully saturated rings. The third kappa shape index (κ3) is 7.24. The van der Waals surface area contributed by atoms with Crippen LogP contribution in [0, 0.1) is 5.92 Å². The van der Waals surface area contributed by atoms with Gasteiger partial charge in [0.1, 0.15) is 0 Å². The number of ether oxygens (including phenoxy) is 3. The molecule has 1 atom stereocenters. The number of carbonyl (C=O) groups excluding carboxylic acids is 1. The lowest BCUT2D eigenvalue weighted by atomic mass is 10.0. The van der Waals surface area contributed by atoms with Gasteiger partial charge in [-0.05, 0) is 43.4 Å². The minimum absolute atomic E-state index is 0.0748. The smallest absolute Gasteiger partial charge is 0.220 e. The highest BCUT2D eigenvalue weighted by Gasteiger charge is 2.14. The molecule has 1 rings (SSSR count). The molecule has 0 aliphatic heterocycles. The summed E-state index contributed by atoms with van der Waals surface area (Å²) in [4.78, 5) is 12.2. The van der Waals surface area contributed by atoms with Crippen LogP contribution in [0.4, 0.5) is 0 Å². The molecule has 1 aromatic rings. The van der Waals surface area contributed by atoms with Gasteiger partial charge in [0, 0.05) is 12.5 Å². The van der Waals surface area contributed by atoms with Gasteiger partial charge in [-0.3, -0.25) is 4.79 Å². The number of aryl methyl sites for hydroxylation is 1. The first-order chi connectivity index (χ1) is 11.9. The van der Waals surface area contributed by atoms with Gasteiger partial charge in [-0.2, -0.15) is 0 Å². The molecule has 1 unspecified atom stereocenters. The minimum atomic E-state index is 0.0748. The SMILES string of the molecule is COc1cc(CCC(=O)NC(C)CCCC(C)C)cc(OC)c1OC. The number of benzene rings is 1. The Morgan fingerprint density at radius 3 is 2.08 bits per heavy atom. The molecular formula is C20H33NO4. The van der Waals surface area contributed by atoms with Crippen LogP contribution in [0.25, 0.3) is 0 Å². The van der Waals surface area contributed by atoms with Gasteiger partial charge in [0.25, 0.3) is 0 Å². The Hall–Kier alpha value is -1.91. The van der Waals surface area contributed by atoms with Crippen molar-refractivity contribution in [1.29, 1.82) is 0 Å². The molecule has 0 aliphatic rings. The van der Waals surface area contributed by atoms with E-state index >= 15 is 0 Å². The molecule has 0 saturated carbocycles. The number of amides is 1. The summed E-state index contributed by atoms with van der Waals surface area (Å²) in [5.74, 6) is 2.57. The highest BCUT2D eigenvalue weighted by molar-refractivity contribution is 5.76. The Bertz CT molecular complexity index is 517. The van der Waals surface area contributed by atoms with Crippen LogP contribution in [0.2, 0.25) is 0 Å². The highest BCUT2D eigenvalue weighted by Crippen LogP contribution is 2.38. The second-order valence-electron chi connectivity index (χ2n) is 6.83. The fraction of sp³-hybridized carbons (Fsp3) is 0.650. The van der Waals surface area contributed by atoms with E-state index in [1.807, 2.05) is 12.1 Å². The third-order valence-corrected chi connectivity index (χ3v) is 4.19. The summed E-state index contributed by atoms with van der Waals surface area (Å²) in [7, 11) is 4.76. The van der Waals surface area contributed by atoms with E-state index in [9.17, 15) is 4.79 Å². The average Bonchev–Trinajstić information content (AvgIpc) is 2.58. The molecular weight excluding hydrogens is 318 g/mol. The van der Waals surface area contributed by atoms with Crippen LogP contribution < -0.4 is 19.5 Å². The number of hydrogen-bond donors (Lipinski definition) is 1. The van der Waals surface area contributed by atoms with Gasteiger partial charge in [-0.25, -0.2) is 0 Å². The number of rotatable bonds is 11. The van der Waals surface area contributed by atoms with E-state index in [0.29, 0.717) is 36.0 Å². The van der Waals surface area contributed by atoms with Crippen molar-refractivity contribution in [2.75, 3.05) is 21.3 Å². The van der Waals surface area contributed by atoms with Crippen LogP contribution in [-0.4, -0.2) is 33.3 Å². The molecule has 142 valence electrons. The Labute approximate surface area is 152 Å². The summed E-state index contributed by atoms with van der Waals surface area (Å²) in [6.45, 7) is 6.51. The maximum atomic E-state index is 12.2. The predicted molar refractivity (Wildman–Crippen MR) is 101 cm³/mol. The lowest BCUT2D eigenvalue weighted by Crippen LogP contribution is -2.32. The Morgan fingerprint density at radius 2 is 1.60 bits per heavy atom. The van der Waals surface area contributed by atoms with Crippen LogP contribution in [0.5, 0.6) is 17.2 Å². The van der Waals surface area contributed by atoms with Crippen molar-refractivity contribution in [3.63, 3.8) is 0 Å². The van der Waals surface area contributed by atoms with E-state index in [0.717, 1.165) is 18.4 Å². The number of carbonyl (C=O) groups is 1. The maximum absolute atomic E-state index is 12.2. The van der Waals surface area contributed by atoms with Crippen LogP contribution in [0.3, 0.4) is 0 Å². The maximum Gasteiger partial charge on any atom is 0.220 e. The zero-order chi connectivity index (χ0) is 18.8. The summed E-state index contributed by atoms with van der Waals surface area (Å²) < 4.78 is 16.0. The van der Waals surface area contributed by atoms with Gasteiger partial charge >= 0.3 is 0 Å². The van der Waals surface area contributed by atoms with Gasteiger partial charge in [-0.1, -0.05) is 26.7 Å². The van der Waals surface area contributed by atoms with Gasteiger partial charge < -0.3 is 19.5 Å². The summed E-state index contributed by atoms with van der Waals surface area (Å²) in [5, 5.41) is 3.08. The topological polar surface area (TPSA) is 56.8 Å². The normalized spacial score (nSPS) is 12.0. The molecule has 1 amide bonds. The zero-order valence-electron chi connectivity index (χ0n) is 16.5. The lowest BCUT2D eigenvalue weighted by molar-refractivity contribution is -0.121. The van der Waals surface area contributed by atoms with Gasteiger partial charge in [0.15, 0.2) is 11.5 Å². The molecule has 1 aromatic carbocycles. The molecule has 0 aliphatic carbocycles. The van der Waals surface area contributed by atoms with E-state index in [4.69, 9.17) is 14.2 Å². The van der Waals surface area contributed by atoms with E-state index in [2.05, 4.69) is 26.1 Å². The van der Waals surface area contributed by atoms with E-state index in [1.165, 1.54) is 6.42 Å². The molecule has 0 aromatic heterocycles. The van der Waals surface area contributed by atoms with Gasteiger partial charge in [-0.15, -0.1) is 0 Å². The van der Waals surface area contributed by atoms with E-state index in [1.54, 1.807) is 21.3 Å². The molecule has 0 spiro atoms. The summed E-state index contributed by atoms with van der Waals surface area (Å²) in [5.41, 5.74) is 0.983. The quantitative estimate of drug-likeness (QED) is 0.655. The Kier molecular flexibility index (Phi) is 9.17. The van der Waals surface area contributed by atoms with Crippen molar-refractivity contribution in [3.05, 3.63) is 17.7 Å². The molecule has 25 heavy (non-hydrogen) atoms. The number of nitrogens with one attached hydrogen (secondary N) is 1. The van der Waals surface area contributed by atoms with Crippen molar-refractivity contribution in [1.82, 2.24) is 5.32 Å². The molecule has 0 bridgehead atoms. The fourth-order valence-electron chi connectivity index (χ4n) is 2.79. The summed E-state index contributed by atoms with van der Waals surface area (Å²) in [6.07, 6.45) is 4.43. The van der Waals surface area contributed by atoms with Crippen molar-refractivity contribution in [3.8, 4) is 17.2 Å². The number of hydrogen-bond acceptors (Lipinski definition) is 4. The lowest BCUT2D eigenvalue weighted by Gasteiger charge is -2.16. The first-order valence-corrected chi connectivity index (χ1v) is 8.99. The van der Waals surface area contributed by atoms with Gasteiger partial charge in [0.2, 0.25) is 11.7 Å². The van der Waals surface area contributed by atoms with Crippen molar-refractivity contribution < 1.29 is 19.0 Å². The van der Waals surface area contributed by atoms with E-state index in [-0.39, 0.29) is 11.9 Å². The fourth-order valence-corrected chi connectivity index (χ4v) is 2.79. The molecule has 0 radical (unpaired) electrons. The summed E-state index contributed by atoms with van der Waals surface area (Å²) in [6, 6.07) is 3.99. The Balaban J connectivity index is 2.55. The molecule has 1 N–H and O–H groups in total. The van der Waals surface area contributed by atoms with Crippen LogP contribution in [0.1, 0.15) is 52.0 Å². The zero-order valence-corrected chi connectivity index (χ0v) is 16.5. The van der Waals surface area contributed by atoms with Crippen LogP contribution in [0.15, 0.2) is 12.1 Å². The molecule has 0 saturated heterocycles. The van der Waals surface area contributed by atoms with Crippen LogP contribution in [-0.2, 0) is 11.2 Å².